The van der Waals surface area contributed by atoms with Gasteiger partial charge in [-0.3, -0.25) is 4.79 Å². The highest BCUT2D eigenvalue weighted by molar-refractivity contribution is 5.87. The van der Waals surface area contributed by atoms with Gasteiger partial charge in [0.15, 0.2) is 0 Å². The topological polar surface area (TPSA) is 72.9 Å². The lowest BCUT2D eigenvalue weighted by Gasteiger charge is -2.27. The molecule has 2 aromatic carbocycles. The van der Waals surface area contributed by atoms with Gasteiger partial charge in [0.2, 0.25) is 5.91 Å². The minimum atomic E-state index is -1.11. The predicted octanol–water partition coefficient (Wildman–Crippen LogP) is 3.67. The molecular formula is C21H26N4O. The first-order valence-corrected chi connectivity index (χ1v) is 8.94. The number of imidazole rings is 1. The van der Waals surface area contributed by atoms with Crippen LogP contribution in [0.1, 0.15) is 51.2 Å². The molecule has 0 saturated heterocycles. The van der Waals surface area contributed by atoms with Crippen molar-refractivity contribution in [2.75, 3.05) is 0 Å². The normalized spacial score (nSPS) is 15.0. The summed E-state index contributed by atoms with van der Waals surface area (Å²) in [4.78, 5) is 17.6. The maximum Gasteiger partial charge on any atom is 0.244 e. The summed E-state index contributed by atoms with van der Waals surface area (Å²) in [7, 11) is 0. The van der Waals surface area contributed by atoms with E-state index in [1.807, 2.05) is 55.5 Å². The Labute approximate surface area is 154 Å². The van der Waals surface area contributed by atoms with E-state index in [9.17, 15) is 4.79 Å². The molecule has 5 heteroatoms. The smallest absolute Gasteiger partial charge is 0.244 e. The second-order valence-electron chi connectivity index (χ2n) is 7.19. The Morgan fingerprint density at radius 1 is 1.08 bits per heavy atom. The molecule has 0 aliphatic rings. The molecule has 3 aromatic rings. The molecule has 2 atom stereocenters. The number of rotatable bonds is 5. The second-order valence-corrected chi connectivity index (χ2v) is 7.19. The highest BCUT2D eigenvalue weighted by Gasteiger charge is 2.32. The average Bonchev–Trinajstić information content (AvgIpc) is 3.02. The molecule has 0 spiro atoms. The Morgan fingerprint density at radius 2 is 1.69 bits per heavy atom. The quantitative estimate of drug-likeness (QED) is 0.737. The van der Waals surface area contributed by atoms with Gasteiger partial charge in [0.05, 0.1) is 17.1 Å². The van der Waals surface area contributed by atoms with Gasteiger partial charge in [-0.1, -0.05) is 42.5 Å². The number of nitrogens with zero attached hydrogens (tertiary/aromatic N) is 2. The van der Waals surface area contributed by atoms with Crippen molar-refractivity contribution < 1.29 is 4.79 Å². The van der Waals surface area contributed by atoms with Crippen LogP contribution >= 0.6 is 0 Å². The molecule has 1 amide bonds. The molecule has 2 unspecified atom stereocenters. The second kappa shape index (κ2) is 6.92. The van der Waals surface area contributed by atoms with Crippen LogP contribution in [0.2, 0.25) is 0 Å². The van der Waals surface area contributed by atoms with E-state index in [0.717, 1.165) is 22.4 Å². The summed E-state index contributed by atoms with van der Waals surface area (Å²) < 4.78 is 2.16. The van der Waals surface area contributed by atoms with Crippen molar-refractivity contribution in [1.29, 1.82) is 0 Å². The van der Waals surface area contributed by atoms with Gasteiger partial charge >= 0.3 is 0 Å². The zero-order chi connectivity index (χ0) is 18.9. The SMILES string of the molecule is CC(NC(=O)C(C)(N)c1ccccc1)c1nc2ccccc2n1C(C)C. The first-order chi connectivity index (χ1) is 12.3. The molecule has 3 rings (SSSR count). The molecule has 0 saturated carbocycles. The van der Waals surface area contributed by atoms with Crippen molar-refractivity contribution in [3.63, 3.8) is 0 Å². The highest BCUT2D eigenvalue weighted by Crippen LogP contribution is 2.26. The fourth-order valence-corrected chi connectivity index (χ4v) is 3.24. The predicted molar refractivity (Wildman–Crippen MR) is 105 cm³/mol. The summed E-state index contributed by atoms with van der Waals surface area (Å²) in [6, 6.07) is 17.4. The standard InChI is InChI=1S/C21H26N4O/c1-14(2)25-18-13-9-8-12-17(18)24-19(25)15(3)23-20(26)21(4,22)16-10-6-5-7-11-16/h5-15H,22H2,1-4H3,(H,23,26). The Morgan fingerprint density at radius 3 is 2.35 bits per heavy atom. The first-order valence-electron chi connectivity index (χ1n) is 8.94. The third-order valence-electron chi connectivity index (χ3n) is 4.72. The van der Waals surface area contributed by atoms with Gasteiger partial charge in [0.1, 0.15) is 11.4 Å². The van der Waals surface area contributed by atoms with E-state index < -0.39 is 5.54 Å². The number of benzene rings is 2. The van der Waals surface area contributed by atoms with Crippen LogP contribution in [0.15, 0.2) is 54.6 Å². The summed E-state index contributed by atoms with van der Waals surface area (Å²) >= 11 is 0. The van der Waals surface area contributed by atoms with Crippen LogP contribution < -0.4 is 11.1 Å². The number of fused-ring (bicyclic) bond motifs is 1. The molecule has 136 valence electrons. The van der Waals surface area contributed by atoms with Crippen LogP contribution in [-0.4, -0.2) is 15.5 Å². The minimum absolute atomic E-state index is 0.224. The van der Waals surface area contributed by atoms with Crippen molar-refractivity contribution in [3.05, 3.63) is 66.0 Å². The van der Waals surface area contributed by atoms with E-state index >= 15 is 0 Å². The summed E-state index contributed by atoms with van der Waals surface area (Å²) in [5.41, 5.74) is 8.01. The molecule has 0 aliphatic heterocycles. The molecule has 0 aliphatic carbocycles. The third kappa shape index (κ3) is 3.22. The van der Waals surface area contributed by atoms with E-state index in [1.165, 1.54) is 0 Å². The summed E-state index contributed by atoms with van der Waals surface area (Å²) in [6.07, 6.45) is 0. The summed E-state index contributed by atoms with van der Waals surface area (Å²) in [5, 5.41) is 3.04. The zero-order valence-corrected chi connectivity index (χ0v) is 15.7. The zero-order valence-electron chi connectivity index (χ0n) is 15.7. The maximum atomic E-state index is 12.9. The van der Waals surface area contributed by atoms with Gasteiger partial charge < -0.3 is 15.6 Å². The number of para-hydroxylation sites is 2. The molecule has 1 heterocycles. The van der Waals surface area contributed by atoms with Crippen LogP contribution in [0, 0.1) is 0 Å². The van der Waals surface area contributed by atoms with Crippen molar-refractivity contribution in [2.45, 2.75) is 45.3 Å². The van der Waals surface area contributed by atoms with E-state index in [1.54, 1.807) is 6.92 Å². The van der Waals surface area contributed by atoms with Crippen molar-refractivity contribution in [2.24, 2.45) is 5.73 Å². The van der Waals surface area contributed by atoms with Gasteiger partial charge in [-0.05, 0) is 45.4 Å². The number of hydrogen-bond donors (Lipinski definition) is 2. The lowest BCUT2D eigenvalue weighted by molar-refractivity contribution is -0.126. The van der Waals surface area contributed by atoms with E-state index in [2.05, 4.69) is 29.8 Å². The molecule has 26 heavy (non-hydrogen) atoms. The van der Waals surface area contributed by atoms with E-state index in [4.69, 9.17) is 10.7 Å². The van der Waals surface area contributed by atoms with Crippen LogP contribution in [0.3, 0.4) is 0 Å². The van der Waals surface area contributed by atoms with E-state index in [-0.39, 0.29) is 18.0 Å². The van der Waals surface area contributed by atoms with Gasteiger partial charge in [-0.15, -0.1) is 0 Å². The number of amides is 1. The van der Waals surface area contributed by atoms with Gasteiger partial charge in [-0.25, -0.2) is 4.98 Å². The molecule has 5 nitrogen and oxygen atoms in total. The van der Waals surface area contributed by atoms with Gasteiger partial charge in [-0.2, -0.15) is 0 Å². The Kier molecular flexibility index (Phi) is 4.83. The Hall–Kier alpha value is -2.66. The number of aromatic nitrogens is 2. The first kappa shape index (κ1) is 18.1. The number of nitrogens with two attached hydrogens (primary N) is 1. The fourth-order valence-electron chi connectivity index (χ4n) is 3.24. The fraction of sp³-hybridized carbons (Fsp3) is 0.333. The van der Waals surface area contributed by atoms with Crippen molar-refractivity contribution in [3.8, 4) is 0 Å². The molecule has 1 aromatic heterocycles. The summed E-state index contributed by atoms with van der Waals surface area (Å²) in [6.45, 7) is 7.90. The lowest BCUT2D eigenvalue weighted by Crippen LogP contribution is -2.49. The number of carbonyl (C=O) groups is 1. The Bertz CT molecular complexity index is 912. The van der Waals surface area contributed by atoms with Crippen molar-refractivity contribution >= 4 is 16.9 Å². The van der Waals surface area contributed by atoms with Crippen LogP contribution in [0.4, 0.5) is 0 Å². The monoisotopic (exact) mass is 350 g/mol. The number of hydrogen-bond acceptors (Lipinski definition) is 3. The van der Waals surface area contributed by atoms with Gasteiger partial charge in [0, 0.05) is 6.04 Å². The van der Waals surface area contributed by atoms with Crippen LogP contribution in [-0.2, 0) is 10.3 Å². The maximum absolute atomic E-state index is 12.9. The van der Waals surface area contributed by atoms with Crippen LogP contribution in [0.5, 0.6) is 0 Å². The lowest BCUT2D eigenvalue weighted by atomic mass is 9.92. The number of carbonyl (C=O) groups excluding carboxylic acids is 1. The van der Waals surface area contributed by atoms with Crippen LogP contribution in [0.25, 0.3) is 11.0 Å². The average molecular weight is 350 g/mol. The third-order valence-corrected chi connectivity index (χ3v) is 4.72. The highest BCUT2D eigenvalue weighted by atomic mass is 16.2. The molecular weight excluding hydrogens is 324 g/mol. The van der Waals surface area contributed by atoms with E-state index in [0.29, 0.717) is 0 Å². The molecule has 0 radical (unpaired) electrons. The summed E-state index contributed by atoms with van der Waals surface area (Å²) in [5.74, 6) is 0.608. The minimum Gasteiger partial charge on any atom is -0.345 e. The molecule has 0 bridgehead atoms. The molecule has 3 N–H and O–H groups in total. The van der Waals surface area contributed by atoms with Gasteiger partial charge in [0.25, 0.3) is 0 Å². The molecule has 0 fully saturated rings. The van der Waals surface area contributed by atoms with Crippen molar-refractivity contribution in [1.82, 2.24) is 14.9 Å². The largest absolute Gasteiger partial charge is 0.345 e. The Balaban J connectivity index is 1.91. The number of nitrogens with one attached hydrogen (secondary N) is 1.